The molecule has 1 aromatic carbocycles. The third kappa shape index (κ3) is 2.67. The molecule has 0 spiro atoms. The number of aromatic nitrogens is 2. The average molecular weight is 244 g/mol. The van der Waals surface area contributed by atoms with Crippen molar-refractivity contribution in [2.24, 2.45) is 0 Å². The molecule has 0 fully saturated rings. The monoisotopic (exact) mass is 244 g/mol. The molecule has 0 aliphatic carbocycles. The van der Waals surface area contributed by atoms with Crippen LogP contribution in [0.25, 0.3) is 11.3 Å². The van der Waals surface area contributed by atoms with Crippen LogP contribution in [0.1, 0.15) is 22.6 Å². The fraction of sp³-hybridized carbons (Fsp3) is 0.286. The molecular formula is C14H16N2S. The van der Waals surface area contributed by atoms with Crippen molar-refractivity contribution in [3.8, 4) is 11.3 Å². The zero-order valence-electron chi connectivity index (χ0n) is 10.4. The Morgan fingerprint density at radius 3 is 2.41 bits per heavy atom. The molecule has 0 saturated carbocycles. The summed E-state index contributed by atoms with van der Waals surface area (Å²) in [5, 5.41) is 0. The molecule has 0 N–H and O–H groups in total. The third-order valence-corrected chi connectivity index (χ3v) is 3.13. The van der Waals surface area contributed by atoms with E-state index in [1.54, 1.807) is 0 Å². The van der Waals surface area contributed by atoms with Crippen molar-refractivity contribution in [1.29, 1.82) is 0 Å². The van der Waals surface area contributed by atoms with Crippen LogP contribution in [0.15, 0.2) is 24.3 Å². The normalized spacial score (nSPS) is 10.6. The zero-order chi connectivity index (χ0) is 12.4. The van der Waals surface area contributed by atoms with Crippen molar-refractivity contribution < 1.29 is 0 Å². The van der Waals surface area contributed by atoms with Gasteiger partial charge in [0.05, 0.1) is 11.4 Å². The molecule has 88 valence electrons. The van der Waals surface area contributed by atoms with Gasteiger partial charge in [0, 0.05) is 11.3 Å². The minimum Gasteiger partial charge on any atom is -0.237 e. The highest BCUT2D eigenvalue weighted by molar-refractivity contribution is 7.79. The maximum atomic E-state index is 4.51. The Kier molecular flexibility index (Phi) is 3.48. The topological polar surface area (TPSA) is 25.8 Å². The van der Waals surface area contributed by atoms with Crippen LogP contribution in [0.5, 0.6) is 0 Å². The number of rotatable bonds is 2. The molecule has 2 rings (SSSR count). The van der Waals surface area contributed by atoms with Gasteiger partial charge in [0.15, 0.2) is 0 Å². The van der Waals surface area contributed by atoms with Crippen LogP contribution in [0, 0.1) is 20.8 Å². The number of thiol groups is 1. The number of nitrogens with zero attached hydrogens (tertiary/aromatic N) is 2. The van der Waals surface area contributed by atoms with Gasteiger partial charge in [0.25, 0.3) is 0 Å². The molecule has 0 radical (unpaired) electrons. The van der Waals surface area contributed by atoms with Gasteiger partial charge in [-0.1, -0.05) is 12.1 Å². The Morgan fingerprint density at radius 1 is 1.00 bits per heavy atom. The van der Waals surface area contributed by atoms with E-state index in [1.807, 2.05) is 13.0 Å². The minimum absolute atomic E-state index is 0.569. The fourth-order valence-corrected chi connectivity index (χ4v) is 1.89. The smallest absolute Gasteiger partial charge is 0.138 e. The molecule has 0 atom stereocenters. The first-order chi connectivity index (χ1) is 8.10. The summed E-state index contributed by atoms with van der Waals surface area (Å²) in [6.07, 6.45) is 0. The Balaban J connectivity index is 2.52. The van der Waals surface area contributed by atoms with Crippen molar-refractivity contribution in [2.45, 2.75) is 26.5 Å². The lowest BCUT2D eigenvalue weighted by atomic mass is 10.0. The van der Waals surface area contributed by atoms with Gasteiger partial charge in [-0.2, -0.15) is 12.6 Å². The number of benzene rings is 1. The second kappa shape index (κ2) is 4.88. The van der Waals surface area contributed by atoms with E-state index >= 15 is 0 Å². The van der Waals surface area contributed by atoms with Crippen LogP contribution in [-0.2, 0) is 5.75 Å². The summed E-state index contributed by atoms with van der Waals surface area (Å²) in [7, 11) is 0. The third-order valence-electron chi connectivity index (χ3n) is 2.84. The van der Waals surface area contributed by atoms with Gasteiger partial charge in [0.1, 0.15) is 5.82 Å². The fourth-order valence-electron chi connectivity index (χ4n) is 1.75. The SMILES string of the molecule is Cc1cc(-c2ccc(C)c(C)c2)nc(CS)n1. The molecule has 2 nitrogen and oxygen atoms in total. The van der Waals surface area contributed by atoms with Crippen molar-refractivity contribution >= 4 is 12.6 Å². The van der Waals surface area contributed by atoms with E-state index in [1.165, 1.54) is 11.1 Å². The highest BCUT2D eigenvalue weighted by Crippen LogP contribution is 2.21. The molecule has 0 unspecified atom stereocenters. The lowest BCUT2D eigenvalue weighted by Gasteiger charge is -2.07. The average Bonchev–Trinajstić information content (AvgIpc) is 2.32. The molecule has 1 aromatic heterocycles. The summed E-state index contributed by atoms with van der Waals surface area (Å²) in [4.78, 5) is 8.84. The van der Waals surface area contributed by atoms with Crippen molar-refractivity contribution in [3.63, 3.8) is 0 Å². The van der Waals surface area contributed by atoms with Crippen LogP contribution in [0.2, 0.25) is 0 Å². The van der Waals surface area contributed by atoms with E-state index in [2.05, 4.69) is 54.6 Å². The van der Waals surface area contributed by atoms with Crippen LogP contribution < -0.4 is 0 Å². The van der Waals surface area contributed by atoms with E-state index < -0.39 is 0 Å². The Morgan fingerprint density at radius 2 is 1.76 bits per heavy atom. The first-order valence-electron chi connectivity index (χ1n) is 5.63. The lowest BCUT2D eigenvalue weighted by Crippen LogP contribution is -1.97. The molecule has 0 bridgehead atoms. The lowest BCUT2D eigenvalue weighted by molar-refractivity contribution is 1.00. The van der Waals surface area contributed by atoms with Gasteiger partial charge in [-0.05, 0) is 44.0 Å². The van der Waals surface area contributed by atoms with Gasteiger partial charge >= 0.3 is 0 Å². The highest BCUT2D eigenvalue weighted by atomic mass is 32.1. The summed E-state index contributed by atoms with van der Waals surface area (Å²) < 4.78 is 0. The Bertz CT molecular complexity index is 550. The predicted molar refractivity (Wildman–Crippen MR) is 74.4 cm³/mol. The number of hydrogen-bond acceptors (Lipinski definition) is 3. The first kappa shape index (κ1) is 12.1. The van der Waals surface area contributed by atoms with Crippen LogP contribution in [0.3, 0.4) is 0 Å². The van der Waals surface area contributed by atoms with Gasteiger partial charge in [0.2, 0.25) is 0 Å². The van der Waals surface area contributed by atoms with E-state index in [-0.39, 0.29) is 0 Å². The van der Waals surface area contributed by atoms with Gasteiger partial charge in [-0.3, -0.25) is 0 Å². The molecule has 3 heteroatoms. The maximum absolute atomic E-state index is 4.51. The second-order valence-electron chi connectivity index (χ2n) is 4.27. The summed E-state index contributed by atoms with van der Waals surface area (Å²) in [5.74, 6) is 1.35. The summed E-state index contributed by atoms with van der Waals surface area (Å²) >= 11 is 4.23. The summed E-state index contributed by atoms with van der Waals surface area (Å²) in [5.41, 5.74) is 5.68. The first-order valence-corrected chi connectivity index (χ1v) is 6.26. The molecule has 1 heterocycles. The highest BCUT2D eigenvalue weighted by Gasteiger charge is 2.04. The maximum Gasteiger partial charge on any atom is 0.138 e. The molecule has 0 amide bonds. The van der Waals surface area contributed by atoms with E-state index in [0.717, 1.165) is 22.8 Å². The quantitative estimate of drug-likeness (QED) is 0.818. The Labute approximate surface area is 108 Å². The van der Waals surface area contributed by atoms with Gasteiger partial charge in [-0.15, -0.1) is 0 Å². The standard InChI is InChI=1S/C14H16N2S/c1-9-4-5-12(6-10(9)2)13-7-11(3)15-14(8-17)16-13/h4-7,17H,8H2,1-3H3. The van der Waals surface area contributed by atoms with Crippen molar-refractivity contribution in [3.05, 3.63) is 46.9 Å². The Hall–Kier alpha value is -1.35. The van der Waals surface area contributed by atoms with E-state index in [9.17, 15) is 0 Å². The largest absolute Gasteiger partial charge is 0.237 e. The van der Waals surface area contributed by atoms with Crippen molar-refractivity contribution in [2.75, 3.05) is 0 Å². The number of hydrogen-bond donors (Lipinski definition) is 1. The molecule has 2 aromatic rings. The molecule has 0 aliphatic rings. The molecule has 17 heavy (non-hydrogen) atoms. The van der Waals surface area contributed by atoms with Crippen molar-refractivity contribution in [1.82, 2.24) is 9.97 Å². The zero-order valence-corrected chi connectivity index (χ0v) is 11.3. The number of aryl methyl sites for hydroxylation is 3. The molecule has 0 saturated heterocycles. The molecule has 0 aliphatic heterocycles. The minimum atomic E-state index is 0.569. The van der Waals surface area contributed by atoms with Gasteiger partial charge < -0.3 is 0 Å². The molecular weight excluding hydrogens is 228 g/mol. The van der Waals surface area contributed by atoms with Gasteiger partial charge in [-0.25, -0.2) is 9.97 Å². The van der Waals surface area contributed by atoms with Crippen LogP contribution in [0.4, 0.5) is 0 Å². The van der Waals surface area contributed by atoms with Crippen LogP contribution in [-0.4, -0.2) is 9.97 Å². The summed E-state index contributed by atoms with van der Waals surface area (Å²) in [6.45, 7) is 6.22. The summed E-state index contributed by atoms with van der Waals surface area (Å²) in [6, 6.07) is 8.41. The second-order valence-corrected chi connectivity index (χ2v) is 4.58. The van der Waals surface area contributed by atoms with Crippen LogP contribution >= 0.6 is 12.6 Å². The van der Waals surface area contributed by atoms with E-state index in [0.29, 0.717) is 5.75 Å². The predicted octanol–water partition coefficient (Wildman–Crippen LogP) is 3.50. The van der Waals surface area contributed by atoms with E-state index in [4.69, 9.17) is 0 Å².